The number of methoxy groups -OCH3 is 1. The number of nitrogens with two attached hydrogens (primary N) is 1. The molecular formula is C43H51BrClN3O6. The molecule has 0 spiro atoms. The van der Waals surface area contributed by atoms with Crippen molar-refractivity contribution < 1.29 is 28.6 Å². The van der Waals surface area contributed by atoms with Crippen LogP contribution in [0.4, 0.5) is 5.69 Å². The molecule has 0 radical (unpaired) electrons. The highest BCUT2D eigenvalue weighted by Gasteiger charge is 2.37. The standard InChI is InChI=1S/C43H51BrClN3O6/c1-4-48(33-8-6-5-7-9-33)24-31-20-30(21-37(44)39(31)46)43(51)53-25-27-10-12-29(13-11-27)41(40(49)28-14-16-32(45)17-15-28)54-42(50)26(2)36-23-47-38-19-18-34(52-3)22-35(36)38/h14-23,26-27,29,33,41,47H,4-13,24-25,46H2,1-3H3. The molecule has 0 aliphatic heterocycles. The summed E-state index contributed by atoms with van der Waals surface area (Å²) < 4.78 is 18.1. The van der Waals surface area contributed by atoms with Crippen molar-refractivity contribution in [3.05, 3.63) is 92.5 Å². The minimum absolute atomic E-state index is 0.117. The van der Waals surface area contributed by atoms with E-state index >= 15 is 0 Å². The van der Waals surface area contributed by atoms with E-state index in [1.54, 1.807) is 50.6 Å². The van der Waals surface area contributed by atoms with Crippen LogP contribution in [0.15, 0.2) is 65.3 Å². The van der Waals surface area contributed by atoms with E-state index in [0.717, 1.165) is 41.4 Å². The maximum atomic E-state index is 14.0. The third kappa shape index (κ3) is 9.32. The van der Waals surface area contributed by atoms with Gasteiger partial charge in [-0.15, -0.1) is 0 Å². The highest BCUT2D eigenvalue weighted by atomic mass is 79.9. The smallest absolute Gasteiger partial charge is 0.338 e. The molecule has 2 aliphatic carbocycles. The lowest BCUT2D eigenvalue weighted by molar-refractivity contribution is -0.151. The van der Waals surface area contributed by atoms with E-state index < -0.39 is 18.0 Å². The first-order chi connectivity index (χ1) is 26.1. The number of aromatic nitrogens is 1. The fourth-order valence-electron chi connectivity index (χ4n) is 8.13. The first kappa shape index (κ1) is 39.8. The SMILES string of the molecule is CCN(Cc1cc(C(=O)OCC2CCC(C(OC(=O)C(C)c3c[nH]c4ccc(OC)cc34)C(=O)c3ccc(Cl)cc3)CC2)cc(Br)c1N)C1CCCCC1. The Balaban J connectivity index is 1.10. The first-order valence-electron chi connectivity index (χ1n) is 19.2. The summed E-state index contributed by atoms with van der Waals surface area (Å²) >= 11 is 9.71. The number of halogens is 2. The molecule has 6 rings (SSSR count). The Morgan fingerprint density at radius 1 is 0.963 bits per heavy atom. The number of rotatable bonds is 14. The number of aromatic amines is 1. The van der Waals surface area contributed by atoms with Crippen LogP contribution in [0, 0.1) is 11.8 Å². The Morgan fingerprint density at radius 2 is 1.69 bits per heavy atom. The van der Waals surface area contributed by atoms with Gasteiger partial charge in [-0.05, 0) is 140 Å². The van der Waals surface area contributed by atoms with Crippen LogP contribution in [0.3, 0.4) is 0 Å². The fraction of sp³-hybridized carbons (Fsp3) is 0.465. The van der Waals surface area contributed by atoms with Gasteiger partial charge in [0, 0.05) is 50.7 Å². The lowest BCUT2D eigenvalue weighted by Crippen LogP contribution is -2.38. The number of fused-ring (bicyclic) bond motifs is 1. The van der Waals surface area contributed by atoms with Crippen molar-refractivity contribution in [2.75, 3.05) is 26.0 Å². The summed E-state index contributed by atoms with van der Waals surface area (Å²) in [6.07, 6.45) is 9.75. The Labute approximate surface area is 331 Å². The Hall–Kier alpha value is -3.86. The van der Waals surface area contributed by atoms with E-state index in [4.69, 9.17) is 31.5 Å². The summed E-state index contributed by atoms with van der Waals surface area (Å²) in [5.41, 5.74) is 10.6. The predicted octanol–water partition coefficient (Wildman–Crippen LogP) is 9.89. The number of ether oxygens (including phenoxy) is 3. The summed E-state index contributed by atoms with van der Waals surface area (Å²) in [7, 11) is 1.60. The molecule has 1 aromatic heterocycles. The topological polar surface area (TPSA) is 124 Å². The molecule has 2 saturated carbocycles. The molecule has 2 aliphatic rings. The number of hydrogen-bond donors (Lipinski definition) is 2. The minimum atomic E-state index is -0.966. The summed E-state index contributed by atoms with van der Waals surface area (Å²) in [5.74, 6) is -1.14. The van der Waals surface area contributed by atoms with Gasteiger partial charge >= 0.3 is 11.9 Å². The molecule has 2 fully saturated rings. The third-order valence-corrected chi connectivity index (χ3v) is 12.4. The molecule has 11 heteroatoms. The molecular weight excluding hydrogens is 770 g/mol. The molecule has 54 heavy (non-hydrogen) atoms. The van der Waals surface area contributed by atoms with Gasteiger partial charge in [-0.3, -0.25) is 14.5 Å². The molecule has 4 aromatic rings. The molecule has 1 heterocycles. The second-order valence-electron chi connectivity index (χ2n) is 14.9. The van der Waals surface area contributed by atoms with Gasteiger partial charge < -0.3 is 24.9 Å². The maximum absolute atomic E-state index is 14.0. The van der Waals surface area contributed by atoms with Crippen molar-refractivity contribution in [3.63, 3.8) is 0 Å². The van der Waals surface area contributed by atoms with Crippen molar-refractivity contribution in [1.82, 2.24) is 9.88 Å². The van der Waals surface area contributed by atoms with Crippen LogP contribution in [0.1, 0.15) is 109 Å². The Morgan fingerprint density at radius 3 is 2.37 bits per heavy atom. The van der Waals surface area contributed by atoms with Crippen molar-refractivity contribution in [3.8, 4) is 5.75 Å². The quantitative estimate of drug-likeness (QED) is 0.0732. The number of hydrogen-bond acceptors (Lipinski definition) is 8. The molecule has 3 aromatic carbocycles. The number of nitrogens with zero attached hydrogens (tertiary/aromatic N) is 1. The van der Waals surface area contributed by atoms with Gasteiger partial charge in [0.25, 0.3) is 0 Å². The van der Waals surface area contributed by atoms with Gasteiger partial charge in [0.2, 0.25) is 5.78 Å². The molecule has 0 saturated heterocycles. The molecule has 0 bridgehead atoms. The first-order valence-corrected chi connectivity index (χ1v) is 20.4. The van der Waals surface area contributed by atoms with Crippen molar-refractivity contribution in [2.24, 2.45) is 11.8 Å². The number of Topliss-reactive ketones (excluding diaryl/α,β-unsaturated/α-hetero) is 1. The number of ketones is 1. The number of nitrogens with one attached hydrogen (secondary N) is 1. The maximum Gasteiger partial charge on any atom is 0.338 e. The highest BCUT2D eigenvalue weighted by molar-refractivity contribution is 9.10. The number of carbonyl (C=O) groups is 3. The molecule has 3 N–H and O–H groups in total. The van der Waals surface area contributed by atoms with Gasteiger partial charge in [-0.25, -0.2) is 4.79 Å². The number of anilines is 1. The number of nitrogen functional groups attached to an aromatic ring is 1. The van der Waals surface area contributed by atoms with E-state index in [1.165, 1.54) is 32.1 Å². The Kier molecular flexibility index (Phi) is 13.4. The molecule has 288 valence electrons. The number of H-pyrrole nitrogens is 1. The second kappa shape index (κ2) is 18.2. The van der Waals surface area contributed by atoms with E-state index in [2.05, 4.69) is 32.7 Å². The zero-order valence-corrected chi connectivity index (χ0v) is 33.7. The molecule has 2 atom stereocenters. The van der Waals surface area contributed by atoms with Gasteiger partial charge in [-0.2, -0.15) is 0 Å². The molecule has 9 nitrogen and oxygen atoms in total. The minimum Gasteiger partial charge on any atom is -0.497 e. The monoisotopic (exact) mass is 819 g/mol. The van der Waals surface area contributed by atoms with Crippen LogP contribution in [0.5, 0.6) is 5.75 Å². The largest absolute Gasteiger partial charge is 0.497 e. The highest BCUT2D eigenvalue weighted by Crippen LogP contribution is 2.36. The number of benzene rings is 3. The van der Waals surface area contributed by atoms with Crippen molar-refractivity contribution >= 4 is 61.8 Å². The summed E-state index contributed by atoms with van der Waals surface area (Å²) in [6.45, 7) is 5.84. The van der Waals surface area contributed by atoms with Crippen molar-refractivity contribution in [2.45, 2.75) is 96.2 Å². The van der Waals surface area contributed by atoms with Crippen LogP contribution in [-0.2, 0) is 20.8 Å². The van der Waals surface area contributed by atoms with Crippen LogP contribution in [0.2, 0.25) is 5.02 Å². The van der Waals surface area contributed by atoms with Gasteiger partial charge in [0.05, 0.1) is 30.9 Å². The van der Waals surface area contributed by atoms with Gasteiger partial charge in [-0.1, -0.05) is 37.8 Å². The normalized spacial score (nSPS) is 19.0. The van der Waals surface area contributed by atoms with Crippen LogP contribution in [0.25, 0.3) is 10.9 Å². The molecule has 0 amide bonds. The summed E-state index contributed by atoms with van der Waals surface area (Å²) in [4.78, 5) is 46.8. The van der Waals surface area contributed by atoms with Crippen LogP contribution < -0.4 is 10.5 Å². The Bertz CT molecular complexity index is 1930. The lowest BCUT2D eigenvalue weighted by atomic mass is 9.78. The zero-order chi connectivity index (χ0) is 38.4. The fourth-order valence-corrected chi connectivity index (χ4v) is 8.75. The second-order valence-corrected chi connectivity index (χ2v) is 16.2. The van der Waals surface area contributed by atoms with E-state index in [0.29, 0.717) is 57.5 Å². The summed E-state index contributed by atoms with van der Waals surface area (Å²) in [5, 5.41) is 1.38. The van der Waals surface area contributed by atoms with E-state index in [-0.39, 0.29) is 30.2 Å². The average Bonchev–Trinajstić information content (AvgIpc) is 3.63. The van der Waals surface area contributed by atoms with Crippen molar-refractivity contribution in [1.29, 1.82) is 0 Å². The number of esters is 2. The van der Waals surface area contributed by atoms with Crippen LogP contribution >= 0.6 is 27.5 Å². The summed E-state index contributed by atoms with van der Waals surface area (Å²) in [6, 6.07) is 16.5. The van der Waals surface area contributed by atoms with E-state index in [1.807, 2.05) is 24.3 Å². The van der Waals surface area contributed by atoms with E-state index in [9.17, 15) is 14.4 Å². The zero-order valence-electron chi connectivity index (χ0n) is 31.4. The molecule has 2 unspecified atom stereocenters. The third-order valence-electron chi connectivity index (χ3n) is 11.5. The van der Waals surface area contributed by atoms with Crippen LogP contribution in [-0.4, -0.2) is 60.0 Å². The lowest BCUT2D eigenvalue weighted by Gasteiger charge is -2.34. The number of carbonyl (C=O) groups excluding carboxylic acids is 3. The van der Waals surface area contributed by atoms with Gasteiger partial charge in [0.15, 0.2) is 6.10 Å². The predicted molar refractivity (Wildman–Crippen MR) is 216 cm³/mol. The van der Waals surface area contributed by atoms with Gasteiger partial charge in [0.1, 0.15) is 5.75 Å². The average molecular weight is 821 g/mol.